The van der Waals surface area contributed by atoms with Crippen LogP contribution < -0.4 is 16.0 Å². The maximum absolute atomic E-state index is 12.0. The molecular formula is C13H17N3O2. The van der Waals surface area contributed by atoms with Crippen LogP contribution in [-0.4, -0.2) is 23.4 Å². The molecule has 0 aliphatic heterocycles. The van der Waals surface area contributed by atoms with Crippen LogP contribution in [0.15, 0.2) is 29.1 Å². The highest BCUT2D eigenvalue weighted by atomic mass is 16.5. The second-order valence-electron chi connectivity index (χ2n) is 4.07. The molecule has 0 bridgehead atoms. The van der Waals surface area contributed by atoms with Gasteiger partial charge in [0.15, 0.2) is 0 Å². The van der Waals surface area contributed by atoms with Crippen LogP contribution in [0.3, 0.4) is 0 Å². The average molecular weight is 247 g/mol. The largest absolute Gasteiger partial charge is 0.496 e. The molecule has 0 saturated carbocycles. The molecule has 18 heavy (non-hydrogen) atoms. The summed E-state index contributed by atoms with van der Waals surface area (Å²) < 4.78 is 6.78. The van der Waals surface area contributed by atoms with Crippen molar-refractivity contribution in [1.82, 2.24) is 9.78 Å². The molecule has 2 aromatic rings. The van der Waals surface area contributed by atoms with Crippen LogP contribution >= 0.6 is 0 Å². The first-order chi connectivity index (χ1) is 8.69. The zero-order valence-corrected chi connectivity index (χ0v) is 10.6. The normalized spacial score (nSPS) is 10.6. The highest BCUT2D eigenvalue weighted by Gasteiger charge is 2.16. The van der Waals surface area contributed by atoms with Crippen molar-refractivity contribution in [3.05, 3.63) is 40.2 Å². The summed E-state index contributed by atoms with van der Waals surface area (Å²) in [5.74, 6) is 0.734. The molecule has 2 rings (SSSR count). The van der Waals surface area contributed by atoms with E-state index in [1.807, 2.05) is 24.3 Å². The first kappa shape index (κ1) is 12.4. The molecule has 96 valence electrons. The molecule has 3 N–H and O–H groups in total. The van der Waals surface area contributed by atoms with E-state index in [0.717, 1.165) is 17.0 Å². The van der Waals surface area contributed by atoms with Gasteiger partial charge in [-0.3, -0.25) is 14.6 Å². The van der Waals surface area contributed by atoms with Gasteiger partial charge in [0.25, 0.3) is 5.56 Å². The first-order valence-corrected chi connectivity index (χ1v) is 5.80. The molecule has 0 amide bonds. The number of nitrogens with zero attached hydrogens (tertiary/aromatic N) is 1. The summed E-state index contributed by atoms with van der Waals surface area (Å²) in [5.41, 5.74) is 7.88. The van der Waals surface area contributed by atoms with E-state index < -0.39 is 0 Å². The van der Waals surface area contributed by atoms with Crippen LogP contribution in [0, 0.1) is 0 Å². The van der Waals surface area contributed by atoms with Gasteiger partial charge >= 0.3 is 0 Å². The van der Waals surface area contributed by atoms with Gasteiger partial charge in [-0.25, -0.2) is 0 Å². The Morgan fingerprint density at radius 2 is 2.11 bits per heavy atom. The van der Waals surface area contributed by atoms with Gasteiger partial charge in [-0.1, -0.05) is 12.1 Å². The van der Waals surface area contributed by atoms with Crippen LogP contribution in [0.1, 0.15) is 5.56 Å². The Morgan fingerprint density at radius 3 is 2.78 bits per heavy atom. The summed E-state index contributed by atoms with van der Waals surface area (Å²) >= 11 is 0. The third-order valence-electron chi connectivity index (χ3n) is 2.91. The fourth-order valence-electron chi connectivity index (χ4n) is 2.05. The zero-order valence-electron chi connectivity index (χ0n) is 10.6. The molecule has 5 heteroatoms. The third-order valence-corrected chi connectivity index (χ3v) is 2.91. The van der Waals surface area contributed by atoms with Gasteiger partial charge in [0, 0.05) is 18.2 Å². The number of hydrogen-bond donors (Lipinski definition) is 2. The van der Waals surface area contributed by atoms with Crippen LogP contribution in [0.4, 0.5) is 0 Å². The van der Waals surface area contributed by atoms with E-state index in [1.165, 1.54) is 4.68 Å². The van der Waals surface area contributed by atoms with Crippen molar-refractivity contribution in [2.75, 3.05) is 13.7 Å². The number of benzene rings is 1. The predicted molar refractivity (Wildman–Crippen MR) is 70.8 cm³/mol. The molecule has 1 aromatic heterocycles. The molecule has 0 spiro atoms. The number of H-pyrrole nitrogens is 1. The number of rotatable bonds is 4. The Labute approximate surface area is 105 Å². The van der Waals surface area contributed by atoms with E-state index in [9.17, 15) is 4.79 Å². The Kier molecular flexibility index (Phi) is 3.53. The number of aromatic amines is 1. The van der Waals surface area contributed by atoms with Crippen molar-refractivity contribution < 1.29 is 4.74 Å². The summed E-state index contributed by atoms with van der Waals surface area (Å²) in [6.45, 7) is 0.440. The maximum Gasteiger partial charge on any atom is 0.270 e. The van der Waals surface area contributed by atoms with E-state index >= 15 is 0 Å². The number of hydrogen-bond acceptors (Lipinski definition) is 3. The fourth-order valence-corrected chi connectivity index (χ4v) is 2.05. The smallest absolute Gasteiger partial charge is 0.270 e. The minimum absolute atomic E-state index is 0.0404. The number of ether oxygens (including phenoxy) is 1. The monoisotopic (exact) mass is 247 g/mol. The average Bonchev–Trinajstić information content (AvgIpc) is 2.67. The molecule has 0 aliphatic carbocycles. The Morgan fingerprint density at radius 1 is 1.39 bits per heavy atom. The van der Waals surface area contributed by atoms with Crippen molar-refractivity contribution in [3.8, 4) is 17.0 Å². The zero-order chi connectivity index (χ0) is 13.1. The third kappa shape index (κ3) is 2.04. The van der Waals surface area contributed by atoms with E-state index in [-0.39, 0.29) is 5.56 Å². The molecule has 0 fully saturated rings. The Balaban J connectivity index is 2.63. The van der Waals surface area contributed by atoms with Crippen molar-refractivity contribution in [2.24, 2.45) is 12.8 Å². The minimum atomic E-state index is -0.0404. The summed E-state index contributed by atoms with van der Waals surface area (Å²) in [4.78, 5) is 12.0. The minimum Gasteiger partial charge on any atom is -0.496 e. The molecule has 5 nitrogen and oxygen atoms in total. The van der Waals surface area contributed by atoms with Gasteiger partial charge in [0.2, 0.25) is 0 Å². The SMILES string of the molecule is COc1ccccc1-c1[nH]n(C)c(=O)c1CCN. The highest BCUT2D eigenvalue weighted by Crippen LogP contribution is 2.29. The number of aryl methyl sites for hydroxylation is 1. The van der Waals surface area contributed by atoms with Gasteiger partial charge < -0.3 is 10.5 Å². The molecule has 0 saturated heterocycles. The molecule has 1 heterocycles. The number of nitrogens with one attached hydrogen (secondary N) is 1. The van der Waals surface area contributed by atoms with Gasteiger partial charge in [0.1, 0.15) is 5.75 Å². The number of para-hydroxylation sites is 1. The second-order valence-corrected chi connectivity index (χ2v) is 4.07. The molecule has 0 radical (unpaired) electrons. The maximum atomic E-state index is 12.0. The number of aromatic nitrogens is 2. The quantitative estimate of drug-likeness (QED) is 0.842. The second kappa shape index (κ2) is 5.10. The van der Waals surface area contributed by atoms with Gasteiger partial charge in [0.05, 0.1) is 12.8 Å². The standard InChI is InChI=1S/C13H17N3O2/c1-16-13(17)10(7-8-14)12(15-16)9-5-3-4-6-11(9)18-2/h3-6,15H,7-8,14H2,1-2H3. The van der Waals surface area contributed by atoms with Crippen molar-refractivity contribution in [3.63, 3.8) is 0 Å². The topological polar surface area (TPSA) is 73.0 Å². The Hall–Kier alpha value is -2.01. The van der Waals surface area contributed by atoms with Crippen molar-refractivity contribution in [1.29, 1.82) is 0 Å². The van der Waals surface area contributed by atoms with Gasteiger partial charge in [-0.2, -0.15) is 0 Å². The van der Waals surface area contributed by atoms with Crippen LogP contribution in [0.2, 0.25) is 0 Å². The highest BCUT2D eigenvalue weighted by molar-refractivity contribution is 5.69. The summed E-state index contributed by atoms with van der Waals surface area (Å²) in [6.07, 6.45) is 0.545. The molecular weight excluding hydrogens is 230 g/mol. The predicted octanol–water partition coefficient (Wildman–Crippen LogP) is 0.890. The summed E-state index contributed by atoms with van der Waals surface area (Å²) in [6, 6.07) is 7.60. The summed E-state index contributed by atoms with van der Waals surface area (Å²) in [5, 5.41) is 3.06. The first-order valence-electron chi connectivity index (χ1n) is 5.80. The van der Waals surface area contributed by atoms with Crippen LogP contribution in [0.5, 0.6) is 5.75 Å². The van der Waals surface area contributed by atoms with E-state index in [2.05, 4.69) is 5.10 Å². The number of nitrogens with two attached hydrogens (primary N) is 1. The van der Waals surface area contributed by atoms with Crippen molar-refractivity contribution in [2.45, 2.75) is 6.42 Å². The van der Waals surface area contributed by atoms with E-state index in [0.29, 0.717) is 18.5 Å². The number of methoxy groups -OCH3 is 1. The van der Waals surface area contributed by atoms with Crippen molar-refractivity contribution >= 4 is 0 Å². The van der Waals surface area contributed by atoms with Crippen LogP contribution in [0.25, 0.3) is 11.3 Å². The molecule has 1 aromatic carbocycles. The molecule has 0 aliphatic rings. The fraction of sp³-hybridized carbons (Fsp3) is 0.308. The lowest BCUT2D eigenvalue weighted by atomic mass is 10.0. The lowest BCUT2D eigenvalue weighted by molar-refractivity contribution is 0.416. The summed E-state index contributed by atoms with van der Waals surface area (Å²) in [7, 11) is 3.31. The molecule has 0 unspecified atom stereocenters. The lowest BCUT2D eigenvalue weighted by Crippen LogP contribution is -2.17. The van der Waals surface area contributed by atoms with Gasteiger partial charge in [-0.05, 0) is 25.1 Å². The molecule has 0 atom stereocenters. The van der Waals surface area contributed by atoms with E-state index in [4.69, 9.17) is 10.5 Å². The lowest BCUT2D eigenvalue weighted by Gasteiger charge is -2.07. The van der Waals surface area contributed by atoms with E-state index in [1.54, 1.807) is 14.2 Å². The Bertz CT molecular complexity index is 599. The van der Waals surface area contributed by atoms with Crippen LogP contribution in [-0.2, 0) is 13.5 Å². The van der Waals surface area contributed by atoms with Gasteiger partial charge in [-0.15, -0.1) is 0 Å².